The van der Waals surface area contributed by atoms with E-state index in [-0.39, 0.29) is 5.91 Å². The van der Waals surface area contributed by atoms with Crippen molar-refractivity contribution in [2.75, 3.05) is 18.6 Å². The molecule has 0 bridgehead atoms. The number of fused-ring (bicyclic) bond motifs is 1. The molecule has 0 spiro atoms. The highest BCUT2D eigenvalue weighted by molar-refractivity contribution is 7.22. The minimum atomic E-state index is -0.198. The van der Waals surface area contributed by atoms with Gasteiger partial charge >= 0.3 is 0 Å². The Labute approximate surface area is 159 Å². The van der Waals surface area contributed by atoms with E-state index >= 15 is 0 Å². The van der Waals surface area contributed by atoms with Crippen LogP contribution in [0.25, 0.3) is 10.2 Å². The minimum absolute atomic E-state index is 0.198. The molecule has 0 aliphatic heterocycles. The number of amides is 1. The zero-order chi connectivity index (χ0) is 18.6. The number of hydrogen-bond donors (Lipinski definition) is 0. The quantitative estimate of drug-likeness (QED) is 0.486. The average molecular weight is 382 g/mol. The van der Waals surface area contributed by atoms with Crippen LogP contribution >= 0.6 is 11.3 Å². The molecule has 4 aromatic rings. The number of imidazole rings is 1. The van der Waals surface area contributed by atoms with Crippen LogP contribution in [-0.4, -0.2) is 34.1 Å². The highest BCUT2D eigenvalue weighted by atomic mass is 32.1. The van der Waals surface area contributed by atoms with Crippen molar-refractivity contribution in [1.82, 2.24) is 14.5 Å². The molecule has 138 valence electrons. The molecule has 4 rings (SSSR count). The van der Waals surface area contributed by atoms with E-state index in [1.54, 1.807) is 36.7 Å². The third kappa shape index (κ3) is 3.70. The Bertz CT molecular complexity index is 1020. The number of rotatable bonds is 7. The van der Waals surface area contributed by atoms with Crippen LogP contribution in [0.2, 0.25) is 0 Å². The van der Waals surface area contributed by atoms with Gasteiger partial charge in [0.25, 0.3) is 5.91 Å². The maximum Gasteiger partial charge on any atom is 0.295 e. The molecule has 3 heterocycles. The summed E-state index contributed by atoms with van der Waals surface area (Å²) in [7, 11) is 1.63. The van der Waals surface area contributed by atoms with E-state index in [4.69, 9.17) is 9.15 Å². The molecule has 0 aliphatic rings. The SMILES string of the molecule is COc1ccc2nc(N(CCCn3ccnc3)C(=O)c3ccco3)sc2c1. The van der Waals surface area contributed by atoms with Crippen LogP contribution in [0.5, 0.6) is 5.75 Å². The van der Waals surface area contributed by atoms with Gasteiger partial charge in [0.05, 0.1) is 29.9 Å². The molecule has 1 aromatic carbocycles. The second kappa shape index (κ2) is 7.63. The van der Waals surface area contributed by atoms with Crippen molar-refractivity contribution in [3.8, 4) is 5.75 Å². The Morgan fingerprint density at radius 2 is 2.30 bits per heavy atom. The van der Waals surface area contributed by atoms with Crippen LogP contribution in [0.1, 0.15) is 17.0 Å². The van der Waals surface area contributed by atoms with Crippen LogP contribution in [-0.2, 0) is 6.54 Å². The number of anilines is 1. The zero-order valence-corrected chi connectivity index (χ0v) is 15.6. The Kier molecular flexibility index (Phi) is 4.88. The van der Waals surface area contributed by atoms with Crippen molar-refractivity contribution < 1.29 is 13.9 Å². The molecule has 7 nitrogen and oxygen atoms in total. The highest BCUT2D eigenvalue weighted by Gasteiger charge is 2.23. The predicted molar refractivity (Wildman–Crippen MR) is 103 cm³/mol. The van der Waals surface area contributed by atoms with Crippen LogP contribution < -0.4 is 9.64 Å². The van der Waals surface area contributed by atoms with Gasteiger partial charge < -0.3 is 13.7 Å². The Morgan fingerprint density at radius 1 is 1.37 bits per heavy atom. The van der Waals surface area contributed by atoms with Crippen molar-refractivity contribution in [3.63, 3.8) is 0 Å². The lowest BCUT2D eigenvalue weighted by Crippen LogP contribution is -2.32. The third-order valence-electron chi connectivity index (χ3n) is 4.15. The van der Waals surface area contributed by atoms with Crippen molar-refractivity contribution in [2.45, 2.75) is 13.0 Å². The number of furan rings is 1. The van der Waals surface area contributed by atoms with Crippen LogP contribution in [0.3, 0.4) is 0 Å². The van der Waals surface area contributed by atoms with Crippen molar-refractivity contribution in [1.29, 1.82) is 0 Å². The Morgan fingerprint density at radius 3 is 3.04 bits per heavy atom. The predicted octanol–water partition coefficient (Wildman–Crippen LogP) is 3.83. The molecule has 3 aromatic heterocycles. The summed E-state index contributed by atoms with van der Waals surface area (Å²) in [4.78, 5) is 23.3. The van der Waals surface area contributed by atoms with Crippen LogP contribution in [0.15, 0.2) is 59.7 Å². The van der Waals surface area contributed by atoms with Gasteiger partial charge in [0, 0.05) is 25.5 Å². The first-order valence-corrected chi connectivity index (χ1v) is 9.32. The first kappa shape index (κ1) is 17.3. The number of ether oxygens (including phenoxy) is 1. The fourth-order valence-electron chi connectivity index (χ4n) is 2.78. The van der Waals surface area contributed by atoms with E-state index in [0.717, 1.165) is 28.9 Å². The van der Waals surface area contributed by atoms with E-state index in [0.29, 0.717) is 17.4 Å². The molecular weight excluding hydrogens is 364 g/mol. The maximum atomic E-state index is 13.0. The first-order valence-electron chi connectivity index (χ1n) is 8.50. The monoisotopic (exact) mass is 382 g/mol. The highest BCUT2D eigenvalue weighted by Crippen LogP contribution is 2.32. The van der Waals surface area contributed by atoms with Gasteiger partial charge in [-0.05, 0) is 36.8 Å². The molecular formula is C19H18N4O3S. The molecule has 0 N–H and O–H groups in total. The summed E-state index contributed by atoms with van der Waals surface area (Å²) < 4.78 is 13.5. The maximum absolute atomic E-state index is 13.0. The van der Waals surface area contributed by atoms with Gasteiger partial charge in [-0.3, -0.25) is 9.69 Å². The summed E-state index contributed by atoms with van der Waals surface area (Å²) in [5, 5.41) is 0.644. The second-order valence-electron chi connectivity index (χ2n) is 5.92. The molecule has 0 fully saturated rings. The number of carbonyl (C=O) groups is 1. The lowest BCUT2D eigenvalue weighted by Gasteiger charge is -2.18. The molecule has 0 saturated carbocycles. The molecule has 27 heavy (non-hydrogen) atoms. The number of nitrogens with zero attached hydrogens (tertiary/aromatic N) is 4. The van der Waals surface area contributed by atoms with Gasteiger partial charge in [0.15, 0.2) is 10.9 Å². The number of carbonyl (C=O) groups excluding carboxylic acids is 1. The van der Waals surface area contributed by atoms with Crippen molar-refractivity contribution >= 4 is 32.6 Å². The number of benzene rings is 1. The summed E-state index contributed by atoms with van der Waals surface area (Å²) >= 11 is 1.46. The van der Waals surface area contributed by atoms with Gasteiger partial charge in [-0.2, -0.15) is 0 Å². The number of aromatic nitrogens is 3. The minimum Gasteiger partial charge on any atom is -0.497 e. The third-order valence-corrected chi connectivity index (χ3v) is 5.19. The van der Waals surface area contributed by atoms with E-state index in [1.807, 2.05) is 29.0 Å². The smallest absolute Gasteiger partial charge is 0.295 e. The Balaban J connectivity index is 1.61. The molecule has 1 amide bonds. The molecule has 0 unspecified atom stereocenters. The van der Waals surface area contributed by atoms with Gasteiger partial charge in [-0.1, -0.05) is 11.3 Å². The van der Waals surface area contributed by atoms with Crippen LogP contribution in [0, 0.1) is 0 Å². The average Bonchev–Trinajstić information content (AvgIpc) is 3.45. The molecule has 0 radical (unpaired) electrons. The molecule has 8 heteroatoms. The van der Waals surface area contributed by atoms with Gasteiger partial charge in [0.1, 0.15) is 5.75 Å². The van der Waals surface area contributed by atoms with Gasteiger partial charge in [-0.15, -0.1) is 0 Å². The molecule has 0 saturated heterocycles. The number of thiazole rings is 1. The summed E-state index contributed by atoms with van der Waals surface area (Å²) in [5.41, 5.74) is 0.836. The van der Waals surface area contributed by atoms with Gasteiger partial charge in [0.2, 0.25) is 0 Å². The fourth-order valence-corrected chi connectivity index (χ4v) is 3.80. The number of aryl methyl sites for hydroxylation is 1. The number of methoxy groups -OCH3 is 1. The zero-order valence-electron chi connectivity index (χ0n) is 14.7. The summed E-state index contributed by atoms with van der Waals surface area (Å²) in [5.74, 6) is 0.868. The van der Waals surface area contributed by atoms with Crippen molar-refractivity contribution in [2.24, 2.45) is 0 Å². The van der Waals surface area contributed by atoms with E-state index in [2.05, 4.69) is 9.97 Å². The standard InChI is InChI=1S/C19H18N4O3S/c1-25-14-5-6-15-17(12-14)27-19(21-15)23(18(24)16-4-2-11-26-16)9-3-8-22-10-7-20-13-22/h2,4-7,10-13H,3,8-9H2,1H3. The second-order valence-corrected chi connectivity index (χ2v) is 6.93. The molecule has 0 aliphatic carbocycles. The van der Waals surface area contributed by atoms with E-state index in [9.17, 15) is 4.79 Å². The van der Waals surface area contributed by atoms with Crippen LogP contribution in [0.4, 0.5) is 5.13 Å². The summed E-state index contributed by atoms with van der Waals surface area (Å²) in [6.45, 7) is 1.29. The molecule has 0 atom stereocenters. The topological polar surface area (TPSA) is 73.4 Å². The summed E-state index contributed by atoms with van der Waals surface area (Å²) in [6, 6.07) is 9.07. The lowest BCUT2D eigenvalue weighted by atomic mass is 10.3. The first-order chi connectivity index (χ1) is 13.2. The Hall–Kier alpha value is -3.13. The number of hydrogen-bond acceptors (Lipinski definition) is 6. The van der Waals surface area contributed by atoms with E-state index in [1.165, 1.54) is 17.6 Å². The lowest BCUT2D eigenvalue weighted by molar-refractivity contribution is 0.0959. The van der Waals surface area contributed by atoms with Gasteiger partial charge in [-0.25, -0.2) is 9.97 Å². The van der Waals surface area contributed by atoms with Crippen molar-refractivity contribution in [3.05, 3.63) is 61.1 Å². The summed E-state index contributed by atoms with van der Waals surface area (Å²) in [6.07, 6.45) is 7.68. The normalized spacial score (nSPS) is 11.0. The van der Waals surface area contributed by atoms with E-state index < -0.39 is 0 Å². The fraction of sp³-hybridized carbons (Fsp3) is 0.211. The largest absolute Gasteiger partial charge is 0.497 e.